The van der Waals surface area contributed by atoms with E-state index in [-0.39, 0.29) is 11.9 Å². The highest BCUT2D eigenvalue weighted by atomic mass is 79.9. The first-order valence-electron chi connectivity index (χ1n) is 8.66. The largest absolute Gasteiger partial charge is 0.486 e. The fourth-order valence-electron chi connectivity index (χ4n) is 3.19. The summed E-state index contributed by atoms with van der Waals surface area (Å²) in [4.78, 5) is 0. The van der Waals surface area contributed by atoms with Crippen LogP contribution in [0.25, 0.3) is 0 Å². The highest BCUT2D eigenvalue weighted by molar-refractivity contribution is 9.10. The van der Waals surface area contributed by atoms with Crippen molar-refractivity contribution in [1.29, 1.82) is 0 Å². The fourth-order valence-corrected chi connectivity index (χ4v) is 4.71. The van der Waals surface area contributed by atoms with Crippen LogP contribution in [0.4, 0.5) is 0 Å². The van der Waals surface area contributed by atoms with Gasteiger partial charge in [-0.25, -0.2) is 8.42 Å². The minimum Gasteiger partial charge on any atom is -0.486 e. The molecule has 0 aliphatic carbocycles. The lowest BCUT2D eigenvalue weighted by Gasteiger charge is -2.40. The van der Waals surface area contributed by atoms with Crippen molar-refractivity contribution in [3.05, 3.63) is 64.1 Å². The lowest BCUT2D eigenvalue weighted by molar-refractivity contribution is 0.0507. The number of fused-ring (bicyclic) bond motifs is 1. The second-order valence-electron chi connectivity index (χ2n) is 7.28. The topological polar surface area (TPSA) is 55.4 Å². The number of benzene rings is 2. The summed E-state index contributed by atoms with van der Waals surface area (Å²) in [6, 6.07) is 15.2. The van der Waals surface area contributed by atoms with Gasteiger partial charge >= 0.3 is 0 Å². The van der Waals surface area contributed by atoms with E-state index in [1.54, 1.807) is 6.92 Å². The molecule has 26 heavy (non-hydrogen) atoms. The molecule has 2 atom stereocenters. The van der Waals surface area contributed by atoms with Crippen LogP contribution in [0.3, 0.4) is 0 Å². The Kier molecular flexibility index (Phi) is 5.47. The number of rotatable bonds is 5. The van der Waals surface area contributed by atoms with Gasteiger partial charge in [0.05, 0.1) is 11.3 Å². The number of ether oxygens (including phenoxy) is 1. The molecular formula is C20H24BrNO3S. The van der Waals surface area contributed by atoms with Crippen molar-refractivity contribution in [3.63, 3.8) is 0 Å². The molecule has 140 valence electrons. The van der Waals surface area contributed by atoms with Gasteiger partial charge < -0.3 is 4.74 Å². The van der Waals surface area contributed by atoms with Crippen LogP contribution < -0.4 is 10.1 Å². The van der Waals surface area contributed by atoms with Gasteiger partial charge in [-0.15, -0.1) is 0 Å². The van der Waals surface area contributed by atoms with Gasteiger partial charge in [0.15, 0.2) is 9.84 Å². The standard InChI is InChI=1S/C20H24BrNO3S/c1-14(15-8-10-17(21)11-9-15)26(23,24)13-22-19-12-16-6-4-5-7-18(16)25-20(19,2)3/h4-11,14,19,22H,12-13H2,1-3H3. The zero-order valence-electron chi connectivity index (χ0n) is 15.2. The van der Waals surface area contributed by atoms with Crippen molar-refractivity contribution < 1.29 is 13.2 Å². The van der Waals surface area contributed by atoms with Gasteiger partial charge in [0.1, 0.15) is 17.2 Å². The van der Waals surface area contributed by atoms with Crippen molar-refractivity contribution in [2.24, 2.45) is 0 Å². The quantitative estimate of drug-likeness (QED) is 0.758. The van der Waals surface area contributed by atoms with E-state index >= 15 is 0 Å². The van der Waals surface area contributed by atoms with Gasteiger partial charge in [-0.1, -0.05) is 46.3 Å². The molecule has 1 aliphatic rings. The Balaban J connectivity index is 1.72. The van der Waals surface area contributed by atoms with Crippen LogP contribution in [0.5, 0.6) is 5.75 Å². The van der Waals surface area contributed by atoms with E-state index in [1.165, 1.54) is 0 Å². The number of hydrogen-bond donors (Lipinski definition) is 1. The van der Waals surface area contributed by atoms with Crippen LogP contribution in [-0.2, 0) is 16.3 Å². The lowest BCUT2D eigenvalue weighted by atomic mass is 9.89. The summed E-state index contributed by atoms with van der Waals surface area (Å²) in [6.07, 6.45) is 0.741. The SMILES string of the molecule is CC(c1ccc(Br)cc1)S(=O)(=O)CNC1Cc2ccccc2OC1(C)C. The molecule has 0 radical (unpaired) electrons. The average molecular weight is 438 g/mol. The maximum atomic E-state index is 12.8. The molecule has 2 aromatic rings. The smallest absolute Gasteiger partial charge is 0.169 e. The van der Waals surface area contributed by atoms with E-state index in [4.69, 9.17) is 4.74 Å². The summed E-state index contributed by atoms with van der Waals surface area (Å²) >= 11 is 3.38. The number of halogens is 1. The summed E-state index contributed by atoms with van der Waals surface area (Å²) in [5, 5.41) is 2.67. The molecule has 0 bridgehead atoms. The van der Waals surface area contributed by atoms with Crippen LogP contribution >= 0.6 is 15.9 Å². The summed E-state index contributed by atoms with van der Waals surface area (Å²) < 4.78 is 32.6. The van der Waals surface area contributed by atoms with Crippen LogP contribution in [0, 0.1) is 0 Å². The zero-order chi connectivity index (χ0) is 18.9. The molecule has 6 heteroatoms. The fraction of sp³-hybridized carbons (Fsp3) is 0.400. The highest BCUT2D eigenvalue weighted by Gasteiger charge is 2.37. The maximum absolute atomic E-state index is 12.8. The second kappa shape index (κ2) is 7.33. The lowest BCUT2D eigenvalue weighted by Crippen LogP contribution is -2.55. The van der Waals surface area contributed by atoms with E-state index < -0.39 is 20.7 Å². The van der Waals surface area contributed by atoms with E-state index in [0.29, 0.717) is 0 Å². The molecule has 0 amide bonds. The molecule has 2 aromatic carbocycles. The summed E-state index contributed by atoms with van der Waals surface area (Å²) in [6.45, 7) is 5.72. The maximum Gasteiger partial charge on any atom is 0.169 e. The molecule has 3 rings (SSSR count). The molecule has 1 aliphatic heterocycles. The Morgan fingerprint density at radius 3 is 2.54 bits per heavy atom. The second-order valence-corrected chi connectivity index (χ2v) is 10.5. The Morgan fingerprint density at radius 1 is 1.19 bits per heavy atom. The Hall–Kier alpha value is -1.37. The Morgan fingerprint density at radius 2 is 1.85 bits per heavy atom. The van der Waals surface area contributed by atoms with Gasteiger partial charge in [-0.2, -0.15) is 0 Å². The number of sulfone groups is 1. The minimum atomic E-state index is -3.34. The monoisotopic (exact) mass is 437 g/mol. The molecule has 4 nitrogen and oxygen atoms in total. The normalized spacial score (nSPS) is 20.1. The first-order valence-corrected chi connectivity index (χ1v) is 11.2. The van der Waals surface area contributed by atoms with Gasteiger partial charge in [-0.3, -0.25) is 5.32 Å². The van der Waals surface area contributed by atoms with Gasteiger partial charge in [0.2, 0.25) is 0 Å². The predicted molar refractivity (Wildman–Crippen MR) is 108 cm³/mol. The van der Waals surface area contributed by atoms with E-state index in [9.17, 15) is 8.42 Å². The van der Waals surface area contributed by atoms with Crippen molar-refractivity contribution >= 4 is 25.8 Å². The molecule has 0 aromatic heterocycles. The highest BCUT2D eigenvalue weighted by Crippen LogP contribution is 2.33. The third kappa shape index (κ3) is 4.13. The number of hydrogen-bond acceptors (Lipinski definition) is 4. The first kappa shape index (κ1) is 19.4. The van der Waals surface area contributed by atoms with Gasteiger partial charge in [0, 0.05) is 4.47 Å². The van der Waals surface area contributed by atoms with Crippen molar-refractivity contribution in [1.82, 2.24) is 5.32 Å². The van der Waals surface area contributed by atoms with Gasteiger partial charge in [0.25, 0.3) is 0 Å². The van der Waals surface area contributed by atoms with Crippen molar-refractivity contribution in [2.45, 2.75) is 44.1 Å². The molecule has 2 unspecified atom stereocenters. The first-order chi connectivity index (χ1) is 12.2. The predicted octanol–water partition coefficient (Wildman–Crippen LogP) is 4.25. The molecule has 0 saturated heterocycles. The summed E-state index contributed by atoms with van der Waals surface area (Å²) in [5.74, 6) is 0.797. The molecule has 0 saturated carbocycles. The Labute approximate surface area is 164 Å². The summed E-state index contributed by atoms with van der Waals surface area (Å²) in [5.41, 5.74) is 1.41. The van der Waals surface area contributed by atoms with Crippen LogP contribution in [0.2, 0.25) is 0 Å². The number of nitrogens with one attached hydrogen (secondary N) is 1. The minimum absolute atomic E-state index is 0.0794. The molecule has 0 spiro atoms. The van der Waals surface area contributed by atoms with Gasteiger partial charge in [-0.05, 0) is 56.5 Å². The van der Waals surface area contributed by atoms with Crippen molar-refractivity contribution in [2.75, 3.05) is 5.88 Å². The third-order valence-corrected chi connectivity index (χ3v) is 7.47. The van der Waals surface area contributed by atoms with Crippen molar-refractivity contribution in [3.8, 4) is 5.75 Å². The van der Waals surface area contributed by atoms with E-state index in [2.05, 4.69) is 21.2 Å². The Bertz CT molecular complexity index is 878. The summed E-state index contributed by atoms with van der Waals surface area (Å²) in [7, 11) is -3.34. The van der Waals surface area contributed by atoms with Crippen LogP contribution in [-0.4, -0.2) is 25.9 Å². The number of para-hydroxylation sites is 1. The van der Waals surface area contributed by atoms with Crippen LogP contribution in [0.1, 0.15) is 37.1 Å². The zero-order valence-corrected chi connectivity index (χ0v) is 17.6. The van der Waals surface area contributed by atoms with Crippen LogP contribution in [0.15, 0.2) is 53.0 Å². The molecule has 0 fully saturated rings. The van der Waals surface area contributed by atoms with E-state index in [1.807, 2.05) is 62.4 Å². The third-order valence-electron chi connectivity index (χ3n) is 5.02. The molecule has 1 heterocycles. The van der Waals surface area contributed by atoms with E-state index in [0.717, 1.165) is 27.8 Å². The average Bonchev–Trinajstić information content (AvgIpc) is 2.59. The molecular weight excluding hydrogens is 414 g/mol. The molecule has 1 N–H and O–H groups in total.